The first kappa shape index (κ1) is 13.1. The van der Waals surface area contributed by atoms with Gasteiger partial charge in [-0.05, 0) is 32.1 Å². The third-order valence-corrected chi connectivity index (χ3v) is 4.75. The Morgan fingerprint density at radius 1 is 1.53 bits per heavy atom. The molecule has 106 valence electrons. The quantitative estimate of drug-likeness (QED) is 0.913. The minimum atomic E-state index is -0.381. The van der Waals surface area contributed by atoms with E-state index in [-0.39, 0.29) is 11.7 Å². The average Bonchev–Trinajstić information content (AvgIpc) is 3.08. The largest absolute Gasteiger partial charge is 0.388 e. The number of hydrogen-bond donors (Lipinski definition) is 1. The summed E-state index contributed by atoms with van der Waals surface area (Å²) in [6, 6.07) is 0.435. The van der Waals surface area contributed by atoms with Gasteiger partial charge in [0.2, 0.25) is 0 Å². The number of ether oxygens (including phenoxy) is 1. The number of nitrogens with zero attached hydrogens (tertiary/aromatic N) is 2. The molecule has 1 spiro atoms. The predicted molar refractivity (Wildman–Crippen MR) is 72.9 cm³/mol. The lowest BCUT2D eigenvalue weighted by Crippen LogP contribution is -2.38. The van der Waals surface area contributed by atoms with Gasteiger partial charge < -0.3 is 9.84 Å². The lowest BCUT2D eigenvalue weighted by molar-refractivity contribution is -0.0910. The first-order valence-electron chi connectivity index (χ1n) is 7.58. The van der Waals surface area contributed by atoms with Gasteiger partial charge in [-0.2, -0.15) is 5.10 Å². The molecule has 1 saturated heterocycles. The molecule has 0 amide bonds. The zero-order chi connectivity index (χ0) is 13.3. The molecule has 2 unspecified atom stereocenters. The summed E-state index contributed by atoms with van der Waals surface area (Å²) in [4.78, 5) is 0. The lowest BCUT2D eigenvalue weighted by atomic mass is 9.89. The van der Waals surface area contributed by atoms with Crippen LogP contribution in [0, 0.1) is 0 Å². The van der Waals surface area contributed by atoms with Crippen LogP contribution in [-0.2, 0) is 4.74 Å². The molecule has 1 saturated carbocycles. The summed E-state index contributed by atoms with van der Waals surface area (Å²) in [5, 5.41) is 14.3. The van der Waals surface area contributed by atoms with Crippen molar-refractivity contribution in [1.29, 1.82) is 0 Å². The standard InChI is InChI=1S/C15H24N2O2/c1-2-14(18)12-10-16-17(11-12)13-5-8-19-15(9-13)6-3-4-7-15/h10-11,13-14,18H,2-9H2,1H3. The van der Waals surface area contributed by atoms with Crippen molar-refractivity contribution in [1.82, 2.24) is 9.78 Å². The van der Waals surface area contributed by atoms with Crippen molar-refractivity contribution in [3.63, 3.8) is 0 Å². The van der Waals surface area contributed by atoms with E-state index >= 15 is 0 Å². The molecule has 1 N–H and O–H groups in total. The Hall–Kier alpha value is -0.870. The van der Waals surface area contributed by atoms with Crippen molar-refractivity contribution in [2.45, 2.75) is 69.6 Å². The molecule has 0 aromatic carbocycles. The van der Waals surface area contributed by atoms with Gasteiger partial charge in [0, 0.05) is 18.4 Å². The van der Waals surface area contributed by atoms with E-state index in [0.29, 0.717) is 6.04 Å². The Balaban J connectivity index is 1.73. The molecule has 0 bridgehead atoms. The minimum Gasteiger partial charge on any atom is -0.388 e. The van der Waals surface area contributed by atoms with Crippen molar-refractivity contribution in [2.75, 3.05) is 6.61 Å². The van der Waals surface area contributed by atoms with Crippen LogP contribution < -0.4 is 0 Å². The highest BCUT2D eigenvalue weighted by Crippen LogP contribution is 2.43. The van der Waals surface area contributed by atoms with Gasteiger partial charge in [0.25, 0.3) is 0 Å². The molecule has 4 nitrogen and oxygen atoms in total. The Morgan fingerprint density at radius 2 is 2.32 bits per heavy atom. The van der Waals surface area contributed by atoms with Crippen molar-refractivity contribution in [2.24, 2.45) is 0 Å². The number of aliphatic hydroxyl groups excluding tert-OH is 1. The van der Waals surface area contributed by atoms with Gasteiger partial charge in [0.1, 0.15) is 0 Å². The molecule has 3 rings (SSSR count). The molecule has 2 aliphatic rings. The first-order chi connectivity index (χ1) is 9.22. The zero-order valence-corrected chi connectivity index (χ0v) is 11.7. The lowest BCUT2D eigenvalue weighted by Gasteiger charge is -2.38. The van der Waals surface area contributed by atoms with Crippen LogP contribution in [0.5, 0.6) is 0 Å². The molecule has 1 aliphatic carbocycles. The Labute approximate surface area is 114 Å². The second kappa shape index (κ2) is 5.25. The van der Waals surface area contributed by atoms with Gasteiger partial charge in [0.05, 0.1) is 23.9 Å². The van der Waals surface area contributed by atoms with Crippen molar-refractivity contribution < 1.29 is 9.84 Å². The van der Waals surface area contributed by atoms with E-state index in [1.165, 1.54) is 25.7 Å². The van der Waals surface area contributed by atoms with Crippen molar-refractivity contribution in [3.8, 4) is 0 Å². The Kier molecular flexibility index (Phi) is 3.63. The van der Waals surface area contributed by atoms with E-state index in [2.05, 4.69) is 9.78 Å². The van der Waals surface area contributed by atoms with Crippen LogP contribution in [0.3, 0.4) is 0 Å². The molecular weight excluding hydrogens is 240 g/mol. The number of aliphatic hydroxyl groups is 1. The summed E-state index contributed by atoms with van der Waals surface area (Å²) in [5.41, 5.74) is 1.06. The molecule has 1 aromatic heterocycles. The molecule has 1 aliphatic heterocycles. The minimum absolute atomic E-state index is 0.123. The second-order valence-electron chi connectivity index (χ2n) is 6.06. The topological polar surface area (TPSA) is 47.3 Å². The Morgan fingerprint density at radius 3 is 3.05 bits per heavy atom. The molecule has 0 radical (unpaired) electrons. The maximum absolute atomic E-state index is 9.87. The fourth-order valence-electron chi connectivity index (χ4n) is 3.56. The van der Waals surface area contributed by atoms with Crippen LogP contribution in [0.25, 0.3) is 0 Å². The van der Waals surface area contributed by atoms with Gasteiger partial charge >= 0.3 is 0 Å². The SMILES string of the molecule is CCC(O)c1cnn(C2CCOC3(CCCC3)C2)c1. The summed E-state index contributed by atoms with van der Waals surface area (Å²) in [5.74, 6) is 0. The van der Waals surface area contributed by atoms with E-state index in [9.17, 15) is 5.11 Å². The van der Waals surface area contributed by atoms with E-state index in [4.69, 9.17) is 4.74 Å². The molecule has 2 fully saturated rings. The second-order valence-corrected chi connectivity index (χ2v) is 6.06. The molecule has 2 heterocycles. The van der Waals surface area contributed by atoms with E-state index in [1.54, 1.807) is 0 Å². The highest BCUT2D eigenvalue weighted by Gasteiger charge is 2.40. The summed E-state index contributed by atoms with van der Waals surface area (Å²) in [6.07, 6.45) is 11.3. The normalized spacial score (nSPS) is 27.8. The molecular formula is C15H24N2O2. The zero-order valence-electron chi connectivity index (χ0n) is 11.7. The number of aromatic nitrogens is 2. The maximum Gasteiger partial charge on any atom is 0.0817 e. The van der Waals surface area contributed by atoms with Crippen LogP contribution >= 0.6 is 0 Å². The average molecular weight is 264 g/mol. The van der Waals surface area contributed by atoms with E-state index < -0.39 is 0 Å². The smallest absolute Gasteiger partial charge is 0.0817 e. The molecule has 4 heteroatoms. The van der Waals surface area contributed by atoms with Gasteiger partial charge in [0.15, 0.2) is 0 Å². The fraction of sp³-hybridized carbons (Fsp3) is 0.800. The summed E-state index contributed by atoms with van der Waals surface area (Å²) >= 11 is 0. The third-order valence-electron chi connectivity index (χ3n) is 4.75. The predicted octanol–water partition coefficient (Wildman–Crippen LogP) is 2.99. The van der Waals surface area contributed by atoms with Gasteiger partial charge in [-0.1, -0.05) is 19.8 Å². The van der Waals surface area contributed by atoms with Crippen LogP contribution in [0.15, 0.2) is 12.4 Å². The first-order valence-corrected chi connectivity index (χ1v) is 7.58. The van der Waals surface area contributed by atoms with E-state index in [0.717, 1.165) is 31.4 Å². The highest BCUT2D eigenvalue weighted by molar-refractivity contribution is 5.08. The van der Waals surface area contributed by atoms with Crippen LogP contribution in [0.4, 0.5) is 0 Å². The van der Waals surface area contributed by atoms with Gasteiger partial charge in [-0.15, -0.1) is 0 Å². The monoisotopic (exact) mass is 264 g/mol. The van der Waals surface area contributed by atoms with Gasteiger partial charge in [-0.3, -0.25) is 4.68 Å². The summed E-state index contributed by atoms with van der Waals surface area (Å²) < 4.78 is 8.12. The van der Waals surface area contributed by atoms with Gasteiger partial charge in [-0.25, -0.2) is 0 Å². The van der Waals surface area contributed by atoms with Crippen LogP contribution in [0.1, 0.15) is 69.6 Å². The Bertz CT molecular complexity index is 424. The molecule has 2 atom stereocenters. The fourth-order valence-corrected chi connectivity index (χ4v) is 3.56. The van der Waals surface area contributed by atoms with Crippen molar-refractivity contribution in [3.05, 3.63) is 18.0 Å². The van der Waals surface area contributed by atoms with Crippen LogP contribution in [-0.4, -0.2) is 27.1 Å². The van der Waals surface area contributed by atoms with Crippen LogP contribution in [0.2, 0.25) is 0 Å². The summed E-state index contributed by atoms with van der Waals surface area (Å²) in [6.45, 7) is 2.83. The highest BCUT2D eigenvalue weighted by atomic mass is 16.5. The summed E-state index contributed by atoms with van der Waals surface area (Å²) in [7, 11) is 0. The molecule has 19 heavy (non-hydrogen) atoms. The maximum atomic E-state index is 9.87. The van der Waals surface area contributed by atoms with E-state index in [1.807, 2.05) is 19.3 Å². The number of hydrogen-bond acceptors (Lipinski definition) is 3. The van der Waals surface area contributed by atoms with Crippen molar-refractivity contribution >= 4 is 0 Å². The third kappa shape index (κ3) is 2.56. The molecule has 1 aromatic rings. The number of rotatable bonds is 3.